The molecule has 2 aromatic rings. The van der Waals surface area contributed by atoms with Crippen molar-refractivity contribution in [1.29, 1.82) is 0 Å². The lowest BCUT2D eigenvalue weighted by molar-refractivity contribution is -0.150. The maximum absolute atomic E-state index is 12.4. The molecule has 0 radical (unpaired) electrons. The number of nitrogens with zero attached hydrogens (tertiary/aromatic N) is 1. The number of phenolic OH excluding ortho intramolecular Hbond substituents is 1. The number of aromatic hydroxyl groups is 1. The first-order valence-corrected chi connectivity index (χ1v) is 8.71. The average molecular weight is 405 g/mol. The van der Waals surface area contributed by atoms with Gasteiger partial charge < -0.3 is 14.6 Å². The molecule has 1 saturated heterocycles. The van der Waals surface area contributed by atoms with Crippen LogP contribution in [0, 0.1) is 0 Å². The van der Waals surface area contributed by atoms with Crippen molar-refractivity contribution < 1.29 is 29.0 Å². The third-order valence-corrected chi connectivity index (χ3v) is 4.62. The molecule has 1 aliphatic rings. The number of carbonyl (C=O) groups is 3. The summed E-state index contributed by atoms with van der Waals surface area (Å²) < 4.78 is 10.0. The van der Waals surface area contributed by atoms with Gasteiger partial charge in [0.2, 0.25) is 0 Å². The van der Waals surface area contributed by atoms with Gasteiger partial charge in [-0.1, -0.05) is 18.2 Å². The normalized spacial score (nSPS) is 18.2. The van der Waals surface area contributed by atoms with Gasteiger partial charge in [-0.2, -0.15) is 0 Å². The fourth-order valence-corrected chi connectivity index (χ4v) is 3.07. The molecule has 1 fully saturated rings. The van der Waals surface area contributed by atoms with Crippen molar-refractivity contribution in [2.75, 3.05) is 13.7 Å². The highest BCUT2D eigenvalue weighted by atomic mass is 35.5. The first-order chi connectivity index (χ1) is 13.4. The van der Waals surface area contributed by atoms with E-state index in [1.54, 1.807) is 24.3 Å². The number of β-lactam (4-membered cyclic amide) rings is 1. The molecule has 0 bridgehead atoms. The van der Waals surface area contributed by atoms with E-state index in [1.807, 2.05) is 0 Å². The first kappa shape index (κ1) is 19.5. The van der Waals surface area contributed by atoms with Gasteiger partial charge >= 0.3 is 5.97 Å². The number of alkyl halides is 1. The molecular formula is C19H17ClN2O6. The first-order valence-electron chi connectivity index (χ1n) is 8.28. The molecule has 8 nitrogen and oxygen atoms in total. The van der Waals surface area contributed by atoms with Crippen LogP contribution in [0.5, 0.6) is 11.5 Å². The number of esters is 1. The number of hydrogen-bond donors (Lipinski definition) is 2. The molecule has 2 atom stereocenters. The molecule has 2 aromatic carbocycles. The van der Waals surface area contributed by atoms with Crippen molar-refractivity contribution in [2.24, 2.45) is 0 Å². The molecule has 0 aliphatic carbocycles. The zero-order valence-corrected chi connectivity index (χ0v) is 15.6. The lowest BCUT2D eigenvalue weighted by atomic mass is 9.94. The van der Waals surface area contributed by atoms with E-state index in [9.17, 15) is 19.5 Å². The molecule has 0 aromatic heterocycles. The number of nitrogens with one attached hydrogen (secondary N) is 1. The minimum Gasteiger partial charge on any atom is -0.508 e. The van der Waals surface area contributed by atoms with Crippen molar-refractivity contribution in [1.82, 2.24) is 10.4 Å². The summed E-state index contributed by atoms with van der Waals surface area (Å²) in [6.45, 7) is -0.305. The van der Waals surface area contributed by atoms with Gasteiger partial charge in [0.15, 0.2) is 6.61 Å². The Bertz CT molecular complexity index is 902. The van der Waals surface area contributed by atoms with Gasteiger partial charge in [0.05, 0.1) is 7.11 Å². The Kier molecular flexibility index (Phi) is 5.70. The van der Waals surface area contributed by atoms with Crippen molar-refractivity contribution in [3.8, 4) is 11.5 Å². The topological polar surface area (TPSA) is 105 Å². The number of amides is 2. The van der Waals surface area contributed by atoms with Crippen molar-refractivity contribution in [2.45, 2.75) is 11.4 Å². The summed E-state index contributed by atoms with van der Waals surface area (Å²) >= 11 is 6.18. The number of rotatable bonds is 6. The predicted molar refractivity (Wildman–Crippen MR) is 98.8 cm³/mol. The number of carbonyl (C=O) groups excluding carboxylic acids is 3. The summed E-state index contributed by atoms with van der Waals surface area (Å²) in [6, 6.07) is 11.7. The molecule has 28 heavy (non-hydrogen) atoms. The molecule has 9 heteroatoms. The van der Waals surface area contributed by atoms with Gasteiger partial charge in [-0.15, -0.1) is 11.6 Å². The Morgan fingerprint density at radius 2 is 1.86 bits per heavy atom. The molecule has 146 valence electrons. The zero-order chi connectivity index (χ0) is 20.3. The molecular weight excluding hydrogens is 388 g/mol. The van der Waals surface area contributed by atoms with Crippen LogP contribution in [-0.4, -0.2) is 47.0 Å². The van der Waals surface area contributed by atoms with Crippen LogP contribution < -0.4 is 10.2 Å². The van der Waals surface area contributed by atoms with Gasteiger partial charge in [-0.05, 0) is 30.3 Å². The van der Waals surface area contributed by atoms with E-state index >= 15 is 0 Å². The van der Waals surface area contributed by atoms with Gasteiger partial charge in [0.25, 0.3) is 11.8 Å². The highest BCUT2D eigenvalue weighted by molar-refractivity contribution is 6.33. The van der Waals surface area contributed by atoms with Crippen LogP contribution in [0.15, 0.2) is 48.5 Å². The second-order valence-electron chi connectivity index (χ2n) is 5.95. The molecule has 1 aliphatic heterocycles. The minimum absolute atomic E-state index is 0.0203. The maximum atomic E-state index is 12.4. The summed E-state index contributed by atoms with van der Waals surface area (Å²) in [5.41, 5.74) is 3.32. The van der Waals surface area contributed by atoms with E-state index in [2.05, 4.69) is 10.2 Å². The van der Waals surface area contributed by atoms with Gasteiger partial charge in [0.1, 0.15) is 22.9 Å². The number of methoxy groups -OCH3 is 1. The van der Waals surface area contributed by atoms with E-state index in [0.717, 1.165) is 5.01 Å². The third kappa shape index (κ3) is 3.86. The molecule has 3 rings (SSSR count). The Labute approximate surface area is 165 Å². The Balaban J connectivity index is 1.79. The number of hydrogen-bond acceptors (Lipinski definition) is 6. The molecule has 0 spiro atoms. The summed E-state index contributed by atoms with van der Waals surface area (Å²) in [5, 5.41) is 9.54. The van der Waals surface area contributed by atoms with Crippen LogP contribution in [0.3, 0.4) is 0 Å². The fraction of sp³-hybridized carbons (Fsp3) is 0.211. The maximum Gasteiger partial charge on any atom is 0.343 e. The summed E-state index contributed by atoms with van der Waals surface area (Å²) in [5.74, 6) is -1.19. The lowest BCUT2D eigenvalue weighted by Crippen LogP contribution is -2.63. The summed E-state index contributed by atoms with van der Waals surface area (Å²) in [6.07, 6.45) is 0. The predicted octanol–water partition coefficient (Wildman–Crippen LogP) is 1.78. The van der Waals surface area contributed by atoms with E-state index in [1.165, 1.54) is 31.4 Å². The molecule has 2 amide bonds. The monoisotopic (exact) mass is 404 g/mol. The summed E-state index contributed by atoms with van der Waals surface area (Å²) in [7, 11) is 1.25. The number of ether oxygens (including phenoxy) is 2. The van der Waals surface area contributed by atoms with Crippen molar-refractivity contribution >= 4 is 29.4 Å². The molecule has 1 heterocycles. The van der Waals surface area contributed by atoms with Gasteiger partial charge in [-0.25, -0.2) is 9.80 Å². The number of para-hydroxylation sites is 1. The number of phenols is 1. The van der Waals surface area contributed by atoms with E-state index < -0.39 is 29.2 Å². The van der Waals surface area contributed by atoms with E-state index in [0.29, 0.717) is 11.3 Å². The van der Waals surface area contributed by atoms with Crippen LogP contribution in [0.2, 0.25) is 0 Å². The Morgan fingerprint density at radius 3 is 2.54 bits per heavy atom. The SMILES string of the molecule is COC(=O)COc1ccccc1C1C(Cl)C(=O)N1NC(=O)c1ccc(O)cc1. The highest BCUT2D eigenvalue weighted by Crippen LogP contribution is 2.41. The quantitative estimate of drug-likeness (QED) is 0.432. The van der Waals surface area contributed by atoms with Crippen LogP contribution in [0.1, 0.15) is 22.0 Å². The van der Waals surface area contributed by atoms with E-state index in [4.69, 9.17) is 16.3 Å². The van der Waals surface area contributed by atoms with Gasteiger partial charge in [0, 0.05) is 11.1 Å². The smallest absolute Gasteiger partial charge is 0.343 e. The molecule has 2 unspecified atom stereocenters. The number of benzene rings is 2. The summed E-state index contributed by atoms with van der Waals surface area (Å²) in [4.78, 5) is 36.0. The standard InChI is InChI=1S/C19H17ClN2O6/c1-27-15(24)10-28-14-5-3-2-4-13(14)17-16(20)19(26)22(17)21-18(25)11-6-8-12(23)9-7-11/h2-9,16-17,23H,10H2,1H3,(H,21,25). The molecule has 0 saturated carbocycles. The van der Waals surface area contributed by atoms with Crippen molar-refractivity contribution in [3.05, 3.63) is 59.7 Å². The third-order valence-electron chi connectivity index (χ3n) is 4.19. The molecule has 2 N–H and O–H groups in total. The average Bonchev–Trinajstić information content (AvgIpc) is 2.72. The number of hydrazine groups is 1. The lowest BCUT2D eigenvalue weighted by Gasteiger charge is -2.44. The van der Waals surface area contributed by atoms with Gasteiger partial charge in [-0.3, -0.25) is 15.0 Å². The zero-order valence-electron chi connectivity index (χ0n) is 14.8. The fourth-order valence-electron chi connectivity index (χ4n) is 2.71. The van der Waals surface area contributed by atoms with Crippen molar-refractivity contribution in [3.63, 3.8) is 0 Å². The Hall–Kier alpha value is -3.26. The second-order valence-corrected chi connectivity index (χ2v) is 6.42. The second kappa shape index (κ2) is 8.18. The van der Waals surface area contributed by atoms with E-state index in [-0.39, 0.29) is 17.9 Å². The van der Waals surface area contributed by atoms with Crippen LogP contribution in [0.4, 0.5) is 0 Å². The van der Waals surface area contributed by atoms with Crippen LogP contribution in [0.25, 0.3) is 0 Å². The largest absolute Gasteiger partial charge is 0.508 e. The number of halogens is 1. The minimum atomic E-state index is -0.900. The Morgan fingerprint density at radius 1 is 1.18 bits per heavy atom. The van der Waals surface area contributed by atoms with Crippen LogP contribution in [-0.2, 0) is 14.3 Å². The highest BCUT2D eigenvalue weighted by Gasteiger charge is 2.49. The van der Waals surface area contributed by atoms with Crippen LogP contribution >= 0.6 is 11.6 Å².